The van der Waals surface area contributed by atoms with Crippen molar-refractivity contribution in [3.63, 3.8) is 0 Å². The fourth-order valence-corrected chi connectivity index (χ4v) is 2.14. The average molecular weight is 302 g/mol. The van der Waals surface area contributed by atoms with E-state index in [1.807, 2.05) is 13.8 Å². The number of carbonyl (C=O) groups is 2. The van der Waals surface area contributed by atoms with Gasteiger partial charge in [-0.1, -0.05) is 13.8 Å². The van der Waals surface area contributed by atoms with E-state index in [-0.39, 0.29) is 24.7 Å². The van der Waals surface area contributed by atoms with E-state index in [0.29, 0.717) is 0 Å². The lowest BCUT2D eigenvalue weighted by atomic mass is 9.87. The molecule has 0 rings (SSSR count). The zero-order chi connectivity index (χ0) is 16.8. The van der Waals surface area contributed by atoms with E-state index in [2.05, 4.69) is 5.32 Å². The molecule has 0 saturated heterocycles. The quantitative estimate of drug-likeness (QED) is 0.575. The molecule has 0 heterocycles. The maximum Gasteiger partial charge on any atom is 0.407 e. The molecule has 21 heavy (non-hydrogen) atoms. The predicted molar refractivity (Wildman–Crippen MR) is 78.6 cm³/mol. The number of nitrogens with zero attached hydrogens (tertiary/aromatic N) is 1. The number of carbonyl (C=O) groups excluding carboxylic acids is 2. The Balaban J connectivity index is 5.00. The largest absolute Gasteiger partial charge is 0.444 e. The summed E-state index contributed by atoms with van der Waals surface area (Å²) < 4.78 is 5.17. The molecule has 0 fully saturated rings. The van der Waals surface area contributed by atoms with Crippen LogP contribution in [0.3, 0.4) is 0 Å². The zero-order valence-electron chi connectivity index (χ0n) is 13.6. The van der Waals surface area contributed by atoms with Crippen molar-refractivity contribution in [2.75, 3.05) is 6.54 Å². The molecule has 7 heteroatoms. The van der Waals surface area contributed by atoms with Gasteiger partial charge in [-0.05, 0) is 33.6 Å². The van der Waals surface area contributed by atoms with E-state index in [1.54, 1.807) is 20.8 Å². The molecule has 2 atom stereocenters. The molecule has 0 saturated carbocycles. The summed E-state index contributed by atoms with van der Waals surface area (Å²) in [4.78, 5) is 33.5. The number of nitrogens with one attached hydrogen (secondary N) is 1. The van der Waals surface area contributed by atoms with E-state index in [4.69, 9.17) is 4.74 Å². The Morgan fingerprint density at radius 2 is 1.81 bits per heavy atom. The smallest absolute Gasteiger partial charge is 0.407 e. The van der Waals surface area contributed by atoms with Crippen molar-refractivity contribution in [2.24, 2.45) is 11.8 Å². The van der Waals surface area contributed by atoms with Crippen molar-refractivity contribution in [3.05, 3.63) is 10.1 Å². The van der Waals surface area contributed by atoms with Crippen LogP contribution in [0.15, 0.2) is 0 Å². The minimum absolute atomic E-state index is 0.0539. The Morgan fingerprint density at radius 1 is 1.29 bits per heavy atom. The number of amides is 1. The van der Waals surface area contributed by atoms with Gasteiger partial charge in [0.25, 0.3) is 0 Å². The number of alkyl carbamates (subject to hydrolysis) is 1. The third-order valence-corrected chi connectivity index (χ3v) is 2.84. The van der Waals surface area contributed by atoms with Crippen molar-refractivity contribution in [2.45, 2.75) is 59.6 Å². The molecule has 0 aliphatic carbocycles. The molecule has 0 radical (unpaired) electrons. The van der Waals surface area contributed by atoms with Crippen molar-refractivity contribution in [1.82, 2.24) is 5.32 Å². The van der Waals surface area contributed by atoms with Gasteiger partial charge in [-0.3, -0.25) is 10.1 Å². The van der Waals surface area contributed by atoms with Gasteiger partial charge < -0.3 is 14.8 Å². The molecule has 1 amide bonds. The topological polar surface area (TPSA) is 98.5 Å². The van der Waals surface area contributed by atoms with Gasteiger partial charge in [0.1, 0.15) is 11.4 Å². The second kappa shape index (κ2) is 7.95. The van der Waals surface area contributed by atoms with E-state index >= 15 is 0 Å². The van der Waals surface area contributed by atoms with Crippen LogP contribution in [-0.4, -0.2) is 35.0 Å². The molecule has 1 N–H and O–H groups in total. The third-order valence-electron chi connectivity index (χ3n) is 2.84. The van der Waals surface area contributed by atoms with E-state index in [1.165, 1.54) is 6.92 Å². The molecule has 0 aromatic heterocycles. The van der Waals surface area contributed by atoms with Gasteiger partial charge in [0.2, 0.25) is 6.54 Å². The van der Waals surface area contributed by atoms with Gasteiger partial charge in [0, 0.05) is 17.4 Å². The first-order valence-corrected chi connectivity index (χ1v) is 7.03. The number of ketones is 1. The lowest BCUT2D eigenvalue weighted by molar-refractivity contribution is -0.489. The maximum absolute atomic E-state index is 11.9. The first-order chi connectivity index (χ1) is 9.42. The first kappa shape index (κ1) is 19.3. The number of rotatable bonds is 7. The molecule has 7 nitrogen and oxygen atoms in total. The molecule has 0 spiro atoms. The standard InChI is InChI=1S/C14H26N2O5/c1-9(2)12(15-13(18)21-14(4,5)6)11(7-10(3)17)8-16(19)20/h9,11-12H,7-8H2,1-6H3,(H,15,18)/t11-,12+/m1/s1. The van der Waals surface area contributed by atoms with Crippen LogP contribution in [0.2, 0.25) is 0 Å². The molecule has 0 bridgehead atoms. The number of Topliss-reactive ketones (excluding diaryl/α,β-unsaturated/α-hetero) is 1. The summed E-state index contributed by atoms with van der Waals surface area (Å²) >= 11 is 0. The number of hydrogen-bond donors (Lipinski definition) is 1. The normalized spacial score (nSPS) is 14.4. The number of nitro groups is 1. The molecule has 0 aliphatic heterocycles. The average Bonchev–Trinajstić information content (AvgIpc) is 2.20. The Kier molecular flexibility index (Phi) is 7.32. The summed E-state index contributed by atoms with van der Waals surface area (Å²) in [5.41, 5.74) is -0.648. The van der Waals surface area contributed by atoms with Crippen molar-refractivity contribution in [3.8, 4) is 0 Å². The van der Waals surface area contributed by atoms with Crippen LogP contribution in [0.4, 0.5) is 4.79 Å². The minimum atomic E-state index is -0.648. The van der Waals surface area contributed by atoms with Gasteiger partial charge in [-0.15, -0.1) is 0 Å². The first-order valence-electron chi connectivity index (χ1n) is 7.03. The molecule has 122 valence electrons. The van der Waals surface area contributed by atoms with Crippen molar-refractivity contribution >= 4 is 11.9 Å². The van der Waals surface area contributed by atoms with E-state index in [0.717, 1.165) is 0 Å². The van der Waals surface area contributed by atoms with Gasteiger partial charge in [-0.2, -0.15) is 0 Å². The molecule has 0 aromatic rings. The molecule has 0 aliphatic rings. The minimum Gasteiger partial charge on any atom is -0.444 e. The van der Waals surface area contributed by atoms with Crippen LogP contribution >= 0.6 is 0 Å². The van der Waals surface area contributed by atoms with E-state index < -0.39 is 28.6 Å². The van der Waals surface area contributed by atoms with Gasteiger partial charge in [0.15, 0.2) is 0 Å². The highest BCUT2D eigenvalue weighted by molar-refractivity contribution is 5.76. The summed E-state index contributed by atoms with van der Waals surface area (Å²) in [5, 5.41) is 13.4. The second-order valence-corrected chi connectivity index (χ2v) is 6.60. The SMILES string of the molecule is CC(=O)C[C@H](C[N+](=O)[O-])[C@@H](NC(=O)OC(C)(C)C)C(C)C. The van der Waals surface area contributed by atoms with Crippen LogP contribution < -0.4 is 5.32 Å². The van der Waals surface area contributed by atoms with E-state index in [9.17, 15) is 19.7 Å². The molecular formula is C14H26N2O5. The van der Waals surface area contributed by atoms with Crippen LogP contribution in [0, 0.1) is 22.0 Å². The molecule has 0 unspecified atom stereocenters. The number of ether oxygens (including phenoxy) is 1. The summed E-state index contributed by atoms with van der Waals surface area (Å²) in [6.45, 7) is 9.92. The molecular weight excluding hydrogens is 276 g/mol. The highest BCUT2D eigenvalue weighted by Crippen LogP contribution is 2.19. The summed E-state index contributed by atoms with van der Waals surface area (Å²) in [6, 6.07) is -0.492. The number of hydrogen-bond acceptors (Lipinski definition) is 5. The Bertz CT molecular complexity index is 371. The fourth-order valence-electron chi connectivity index (χ4n) is 2.14. The van der Waals surface area contributed by atoms with Crippen LogP contribution in [0.25, 0.3) is 0 Å². The highest BCUT2D eigenvalue weighted by Gasteiger charge is 2.32. The molecule has 0 aromatic carbocycles. The van der Waals surface area contributed by atoms with Crippen molar-refractivity contribution in [1.29, 1.82) is 0 Å². The van der Waals surface area contributed by atoms with Crippen LogP contribution in [-0.2, 0) is 9.53 Å². The summed E-state index contributed by atoms with van der Waals surface area (Å²) in [7, 11) is 0. The van der Waals surface area contributed by atoms with Gasteiger partial charge >= 0.3 is 6.09 Å². The Morgan fingerprint density at radius 3 is 2.14 bits per heavy atom. The van der Waals surface area contributed by atoms with Crippen LogP contribution in [0.5, 0.6) is 0 Å². The lowest BCUT2D eigenvalue weighted by Gasteiger charge is -2.29. The monoisotopic (exact) mass is 302 g/mol. The summed E-state index contributed by atoms with van der Waals surface area (Å²) in [6.07, 6.45) is -0.572. The van der Waals surface area contributed by atoms with Crippen LogP contribution in [0.1, 0.15) is 48.0 Å². The van der Waals surface area contributed by atoms with Gasteiger partial charge in [0.05, 0.1) is 5.92 Å². The second-order valence-electron chi connectivity index (χ2n) is 6.60. The Labute approximate surface area is 125 Å². The fraction of sp³-hybridized carbons (Fsp3) is 0.857. The maximum atomic E-state index is 11.9. The lowest BCUT2D eigenvalue weighted by Crippen LogP contribution is -2.48. The Hall–Kier alpha value is -1.66. The predicted octanol–water partition coefficient (Wildman–Crippen LogP) is 2.41. The highest BCUT2D eigenvalue weighted by atomic mass is 16.6. The summed E-state index contributed by atoms with van der Waals surface area (Å²) in [5.74, 6) is -0.745. The van der Waals surface area contributed by atoms with Crippen molar-refractivity contribution < 1.29 is 19.2 Å². The third kappa shape index (κ3) is 8.99. The van der Waals surface area contributed by atoms with Gasteiger partial charge in [-0.25, -0.2) is 4.79 Å². The zero-order valence-corrected chi connectivity index (χ0v) is 13.6.